The molecule has 0 spiro atoms. The Labute approximate surface area is 129 Å². The molecule has 0 aliphatic rings. The molecule has 1 aromatic carbocycles. The van der Waals surface area contributed by atoms with Crippen LogP contribution in [0.5, 0.6) is 11.5 Å². The average Bonchev–Trinajstić information content (AvgIpc) is 2.34. The lowest BCUT2D eigenvalue weighted by molar-refractivity contribution is 0.358. The Balaban J connectivity index is 2.97. The molecule has 19 heavy (non-hydrogen) atoms. The van der Waals surface area contributed by atoms with E-state index in [0.717, 1.165) is 34.4 Å². The van der Waals surface area contributed by atoms with Crippen molar-refractivity contribution in [1.82, 2.24) is 0 Å². The molecule has 1 unspecified atom stereocenters. The van der Waals surface area contributed by atoms with Crippen molar-refractivity contribution in [3.8, 4) is 11.5 Å². The molecular formula is C15H22BrClO2. The van der Waals surface area contributed by atoms with E-state index >= 15 is 0 Å². The van der Waals surface area contributed by atoms with Gasteiger partial charge in [-0.15, -0.1) is 11.6 Å². The van der Waals surface area contributed by atoms with E-state index in [0.29, 0.717) is 0 Å². The zero-order valence-electron chi connectivity index (χ0n) is 12.2. The molecule has 108 valence electrons. The fourth-order valence-corrected chi connectivity index (χ4v) is 2.85. The monoisotopic (exact) mass is 348 g/mol. The van der Waals surface area contributed by atoms with Crippen LogP contribution in [0.1, 0.15) is 44.6 Å². The molecule has 0 saturated carbocycles. The molecule has 0 fully saturated rings. The quantitative estimate of drug-likeness (QED) is 0.647. The Morgan fingerprint density at radius 2 is 1.84 bits per heavy atom. The Bertz CT molecular complexity index is 427. The molecule has 2 nitrogen and oxygen atoms in total. The first kappa shape index (κ1) is 16.6. The largest absolute Gasteiger partial charge is 0.495 e. The van der Waals surface area contributed by atoms with Crippen molar-refractivity contribution in [3.05, 3.63) is 22.2 Å². The molecule has 4 heteroatoms. The van der Waals surface area contributed by atoms with Crippen molar-refractivity contribution in [2.75, 3.05) is 14.2 Å². The summed E-state index contributed by atoms with van der Waals surface area (Å²) in [6.07, 6.45) is 1.98. The lowest BCUT2D eigenvalue weighted by Gasteiger charge is -2.22. The second kappa shape index (κ2) is 6.85. The van der Waals surface area contributed by atoms with Crippen molar-refractivity contribution in [2.45, 2.75) is 39.0 Å². The molecule has 0 bridgehead atoms. The van der Waals surface area contributed by atoms with Gasteiger partial charge in [0.05, 0.1) is 19.6 Å². The van der Waals surface area contributed by atoms with Gasteiger partial charge < -0.3 is 9.47 Å². The Morgan fingerprint density at radius 1 is 1.21 bits per heavy atom. The van der Waals surface area contributed by atoms with Gasteiger partial charge in [0.25, 0.3) is 0 Å². The molecule has 1 aromatic rings. The summed E-state index contributed by atoms with van der Waals surface area (Å²) in [6.45, 7) is 6.66. The van der Waals surface area contributed by atoms with Crippen LogP contribution in [0.3, 0.4) is 0 Å². The average molecular weight is 350 g/mol. The summed E-state index contributed by atoms with van der Waals surface area (Å²) in [7, 11) is 3.29. The summed E-state index contributed by atoms with van der Waals surface area (Å²) in [5.74, 6) is 1.51. The fraction of sp³-hybridized carbons (Fsp3) is 0.600. The van der Waals surface area contributed by atoms with Gasteiger partial charge in [-0.3, -0.25) is 0 Å². The molecule has 0 aliphatic heterocycles. The van der Waals surface area contributed by atoms with E-state index < -0.39 is 0 Å². The number of ether oxygens (including phenoxy) is 2. The molecule has 0 saturated heterocycles. The maximum absolute atomic E-state index is 6.52. The minimum Gasteiger partial charge on any atom is -0.495 e. The zero-order valence-corrected chi connectivity index (χ0v) is 14.6. The number of alkyl halides is 1. The van der Waals surface area contributed by atoms with Gasteiger partial charge in [-0.25, -0.2) is 0 Å². The molecule has 0 radical (unpaired) electrons. The third kappa shape index (κ3) is 4.57. The molecule has 0 heterocycles. The normalized spacial score (nSPS) is 13.2. The number of benzene rings is 1. The number of hydrogen-bond donors (Lipinski definition) is 0. The Morgan fingerprint density at radius 3 is 2.32 bits per heavy atom. The minimum atomic E-state index is -0.0589. The van der Waals surface area contributed by atoms with Crippen LogP contribution in [0.2, 0.25) is 0 Å². The first-order valence-corrected chi connectivity index (χ1v) is 7.57. The minimum absolute atomic E-state index is 0.0589. The summed E-state index contributed by atoms with van der Waals surface area (Å²) in [5, 5.41) is -0.0589. The molecule has 0 aromatic heterocycles. The van der Waals surface area contributed by atoms with Crippen molar-refractivity contribution in [1.29, 1.82) is 0 Å². The van der Waals surface area contributed by atoms with Crippen LogP contribution in [0.25, 0.3) is 0 Å². The maximum atomic E-state index is 6.52. The molecule has 0 N–H and O–H groups in total. The van der Waals surface area contributed by atoms with Gasteiger partial charge >= 0.3 is 0 Å². The van der Waals surface area contributed by atoms with Crippen molar-refractivity contribution in [2.24, 2.45) is 5.41 Å². The highest BCUT2D eigenvalue weighted by molar-refractivity contribution is 9.10. The van der Waals surface area contributed by atoms with E-state index in [9.17, 15) is 0 Å². The van der Waals surface area contributed by atoms with Gasteiger partial charge in [0.15, 0.2) is 0 Å². The van der Waals surface area contributed by atoms with Crippen LogP contribution < -0.4 is 9.47 Å². The van der Waals surface area contributed by atoms with Crippen LogP contribution in [-0.4, -0.2) is 14.2 Å². The first-order valence-electron chi connectivity index (χ1n) is 6.34. The van der Waals surface area contributed by atoms with E-state index in [2.05, 4.69) is 36.7 Å². The van der Waals surface area contributed by atoms with Gasteiger partial charge in [0, 0.05) is 5.56 Å². The number of methoxy groups -OCH3 is 2. The SMILES string of the molecule is COc1ccc(C(Cl)CCC(C)(C)C)c(OC)c1Br. The summed E-state index contributed by atoms with van der Waals surface area (Å²) in [5.41, 5.74) is 1.28. The highest BCUT2D eigenvalue weighted by atomic mass is 79.9. The summed E-state index contributed by atoms with van der Waals surface area (Å²) >= 11 is 10.0. The standard InChI is InChI=1S/C15H22BrClO2/c1-15(2,3)9-8-11(17)10-6-7-12(18-4)13(16)14(10)19-5/h6-7,11H,8-9H2,1-5H3. The lowest BCUT2D eigenvalue weighted by atomic mass is 9.88. The highest BCUT2D eigenvalue weighted by Crippen LogP contribution is 2.43. The van der Waals surface area contributed by atoms with Crippen LogP contribution in [-0.2, 0) is 0 Å². The fourth-order valence-electron chi connectivity index (χ4n) is 1.88. The third-order valence-electron chi connectivity index (χ3n) is 3.00. The highest BCUT2D eigenvalue weighted by Gasteiger charge is 2.21. The van der Waals surface area contributed by atoms with Crippen molar-refractivity contribution in [3.63, 3.8) is 0 Å². The van der Waals surface area contributed by atoms with Gasteiger partial charge in [0.1, 0.15) is 16.0 Å². The van der Waals surface area contributed by atoms with E-state index in [1.165, 1.54) is 0 Å². The molecular weight excluding hydrogens is 328 g/mol. The second-order valence-corrected chi connectivity index (χ2v) is 7.09. The van der Waals surface area contributed by atoms with E-state index in [4.69, 9.17) is 21.1 Å². The number of halogens is 2. The molecule has 0 amide bonds. The predicted octanol–water partition coefficient (Wildman–Crippen LogP) is 5.57. The first-order chi connectivity index (χ1) is 8.80. The van der Waals surface area contributed by atoms with E-state index in [-0.39, 0.29) is 10.8 Å². The van der Waals surface area contributed by atoms with Crippen LogP contribution in [0, 0.1) is 5.41 Å². The van der Waals surface area contributed by atoms with Crippen LogP contribution in [0.4, 0.5) is 0 Å². The van der Waals surface area contributed by atoms with Crippen molar-refractivity contribution < 1.29 is 9.47 Å². The summed E-state index contributed by atoms with van der Waals surface area (Å²) < 4.78 is 11.5. The molecule has 1 atom stereocenters. The number of hydrogen-bond acceptors (Lipinski definition) is 2. The van der Waals surface area contributed by atoms with Gasteiger partial charge in [-0.2, -0.15) is 0 Å². The third-order valence-corrected chi connectivity index (χ3v) is 4.21. The molecule has 0 aliphatic carbocycles. The van der Waals surface area contributed by atoms with Crippen LogP contribution in [0.15, 0.2) is 16.6 Å². The molecule has 1 rings (SSSR count). The van der Waals surface area contributed by atoms with Crippen molar-refractivity contribution >= 4 is 27.5 Å². The topological polar surface area (TPSA) is 18.5 Å². The zero-order chi connectivity index (χ0) is 14.6. The van der Waals surface area contributed by atoms with Crippen LogP contribution >= 0.6 is 27.5 Å². The Hall–Kier alpha value is -0.410. The van der Waals surface area contributed by atoms with Gasteiger partial charge in [-0.1, -0.05) is 26.8 Å². The van der Waals surface area contributed by atoms with E-state index in [1.54, 1.807) is 14.2 Å². The smallest absolute Gasteiger partial charge is 0.141 e. The van der Waals surface area contributed by atoms with Gasteiger partial charge in [-0.05, 0) is 40.3 Å². The Kier molecular flexibility index (Phi) is 6.00. The van der Waals surface area contributed by atoms with E-state index in [1.807, 2.05) is 12.1 Å². The number of rotatable bonds is 5. The lowest BCUT2D eigenvalue weighted by Crippen LogP contribution is -2.07. The predicted molar refractivity (Wildman–Crippen MR) is 84.5 cm³/mol. The van der Waals surface area contributed by atoms with Gasteiger partial charge in [0.2, 0.25) is 0 Å². The second-order valence-electron chi connectivity index (χ2n) is 5.77. The maximum Gasteiger partial charge on any atom is 0.141 e. The summed E-state index contributed by atoms with van der Waals surface area (Å²) in [6, 6.07) is 3.89. The summed E-state index contributed by atoms with van der Waals surface area (Å²) in [4.78, 5) is 0.